The fourth-order valence-corrected chi connectivity index (χ4v) is 5.01. The minimum atomic E-state index is -0.524. The number of pyridine rings is 1. The van der Waals surface area contributed by atoms with Crippen LogP contribution in [0.5, 0.6) is 0 Å². The SMILES string of the molecule is Cc1ccn2nc(C)c(C(=O)N[C@@H](C)c3cc4cccc(C#Cc5cnn(C)c5)c4c(=O)n3-c3ccccc3)c2n1. The number of amides is 1. The molecule has 4 aromatic heterocycles. The van der Waals surface area contributed by atoms with E-state index in [0.717, 1.165) is 16.6 Å². The van der Waals surface area contributed by atoms with Crippen molar-refractivity contribution in [2.75, 3.05) is 0 Å². The van der Waals surface area contributed by atoms with Crippen LogP contribution in [0.25, 0.3) is 22.1 Å². The number of aromatic nitrogens is 6. The normalized spacial score (nSPS) is 11.8. The quantitative estimate of drug-likeness (QED) is 0.336. The maximum absolute atomic E-state index is 14.2. The van der Waals surface area contributed by atoms with Gasteiger partial charge in [-0.05, 0) is 56.5 Å². The molecule has 2 aromatic carbocycles. The molecule has 0 radical (unpaired) electrons. The third kappa shape index (κ3) is 4.76. The lowest BCUT2D eigenvalue weighted by Crippen LogP contribution is -2.32. The molecule has 1 amide bonds. The average molecular weight is 542 g/mol. The van der Waals surface area contributed by atoms with Crippen LogP contribution in [-0.4, -0.2) is 34.9 Å². The third-order valence-corrected chi connectivity index (χ3v) is 6.95. The first-order valence-electron chi connectivity index (χ1n) is 13.2. The highest BCUT2D eigenvalue weighted by Gasteiger charge is 2.23. The molecule has 202 valence electrons. The molecule has 0 spiro atoms. The van der Waals surface area contributed by atoms with E-state index >= 15 is 0 Å². The largest absolute Gasteiger partial charge is 0.344 e. The van der Waals surface area contributed by atoms with Gasteiger partial charge < -0.3 is 5.32 Å². The van der Waals surface area contributed by atoms with Gasteiger partial charge >= 0.3 is 0 Å². The maximum atomic E-state index is 14.2. The predicted octanol–water partition coefficient (Wildman–Crippen LogP) is 4.27. The molecule has 4 heterocycles. The van der Waals surface area contributed by atoms with Crippen LogP contribution in [-0.2, 0) is 7.05 Å². The number of aryl methyl sites for hydroxylation is 3. The lowest BCUT2D eigenvalue weighted by atomic mass is 10.0. The number of carbonyl (C=O) groups is 1. The molecule has 0 saturated heterocycles. The highest BCUT2D eigenvalue weighted by atomic mass is 16.2. The molecule has 6 rings (SSSR count). The first-order valence-corrected chi connectivity index (χ1v) is 13.2. The zero-order chi connectivity index (χ0) is 28.7. The molecule has 41 heavy (non-hydrogen) atoms. The van der Waals surface area contributed by atoms with Gasteiger partial charge in [-0.2, -0.15) is 10.2 Å². The lowest BCUT2D eigenvalue weighted by Gasteiger charge is -2.21. The van der Waals surface area contributed by atoms with Crippen LogP contribution < -0.4 is 10.9 Å². The van der Waals surface area contributed by atoms with E-state index in [0.29, 0.717) is 39.2 Å². The number of benzene rings is 2. The molecule has 0 aliphatic carbocycles. The van der Waals surface area contributed by atoms with Crippen LogP contribution in [0, 0.1) is 25.7 Å². The third-order valence-electron chi connectivity index (χ3n) is 6.95. The van der Waals surface area contributed by atoms with Crippen LogP contribution in [0.3, 0.4) is 0 Å². The summed E-state index contributed by atoms with van der Waals surface area (Å²) in [5.74, 6) is 5.96. The van der Waals surface area contributed by atoms with E-state index in [1.165, 1.54) is 0 Å². The Labute approximate surface area is 236 Å². The number of carbonyl (C=O) groups excluding carboxylic acids is 1. The van der Waals surface area contributed by atoms with Crippen molar-refractivity contribution in [1.82, 2.24) is 34.3 Å². The topological polar surface area (TPSA) is 99.1 Å². The van der Waals surface area contributed by atoms with E-state index < -0.39 is 6.04 Å². The number of nitrogens with one attached hydrogen (secondary N) is 1. The highest BCUT2D eigenvalue weighted by molar-refractivity contribution is 6.01. The number of fused-ring (bicyclic) bond motifs is 2. The summed E-state index contributed by atoms with van der Waals surface area (Å²) in [7, 11) is 1.83. The molecule has 0 aliphatic rings. The molecule has 6 aromatic rings. The van der Waals surface area contributed by atoms with Crippen molar-refractivity contribution in [2.24, 2.45) is 7.05 Å². The number of para-hydroxylation sites is 1. The van der Waals surface area contributed by atoms with Crippen LogP contribution >= 0.6 is 0 Å². The average Bonchev–Trinajstić information content (AvgIpc) is 3.53. The number of rotatable bonds is 4. The van der Waals surface area contributed by atoms with Gasteiger partial charge in [-0.3, -0.25) is 18.8 Å². The molecule has 9 heteroatoms. The molecule has 0 unspecified atom stereocenters. The standard InChI is InChI=1S/C32H27N7O2/c1-20-15-16-38-30(34-20)28(22(3)36-38)31(40)35-21(2)27-17-25-10-8-9-24(14-13-23-18-33-37(4)19-23)29(25)32(41)39(27)26-11-6-5-7-12-26/h5-12,15-19,21H,1-4H3,(H,35,40)/t21-/m0/s1. The van der Waals surface area contributed by atoms with Crippen LogP contribution in [0.2, 0.25) is 0 Å². The number of hydrogen-bond acceptors (Lipinski definition) is 5. The summed E-state index contributed by atoms with van der Waals surface area (Å²) in [6, 6.07) is 18.3. The molecule has 0 aliphatic heterocycles. The Kier molecular flexibility index (Phi) is 6.44. The van der Waals surface area contributed by atoms with E-state index in [1.54, 1.807) is 33.1 Å². The Hall–Kier alpha value is -5.49. The van der Waals surface area contributed by atoms with E-state index in [2.05, 4.69) is 32.3 Å². The second-order valence-electron chi connectivity index (χ2n) is 9.96. The minimum absolute atomic E-state index is 0.217. The molecule has 0 fully saturated rings. The van der Waals surface area contributed by atoms with Gasteiger partial charge in [0.1, 0.15) is 5.56 Å². The summed E-state index contributed by atoms with van der Waals surface area (Å²) in [6.07, 6.45) is 5.30. The second-order valence-corrected chi connectivity index (χ2v) is 9.96. The van der Waals surface area contributed by atoms with Gasteiger partial charge in [0.05, 0.1) is 28.9 Å². The van der Waals surface area contributed by atoms with Crippen molar-refractivity contribution < 1.29 is 4.79 Å². The first kappa shape index (κ1) is 25.8. The summed E-state index contributed by atoms with van der Waals surface area (Å²) < 4.78 is 4.93. The second kappa shape index (κ2) is 10.2. The van der Waals surface area contributed by atoms with Gasteiger partial charge in [0.15, 0.2) is 5.65 Å². The van der Waals surface area contributed by atoms with Gasteiger partial charge in [0, 0.05) is 42.1 Å². The Morgan fingerprint density at radius 1 is 1.02 bits per heavy atom. The molecule has 1 N–H and O–H groups in total. The van der Waals surface area contributed by atoms with Gasteiger partial charge in [-0.1, -0.05) is 42.2 Å². The lowest BCUT2D eigenvalue weighted by molar-refractivity contribution is 0.0939. The zero-order valence-electron chi connectivity index (χ0n) is 23.1. The van der Waals surface area contributed by atoms with Crippen LogP contribution in [0.1, 0.15) is 51.5 Å². The Balaban J connectivity index is 1.47. The molecule has 1 atom stereocenters. The zero-order valence-corrected chi connectivity index (χ0v) is 23.1. The van der Waals surface area contributed by atoms with Crippen molar-refractivity contribution in [3.63, 3.8) is 0 Å². The van der Waals surface area contributed by atoms with Crippen molar-refractivity contribution >= 4 is 22.3 Å². The van der Waals surface area contributed by atoms with Gasteiger partial charge in [0.2, 0.25) is 0 Å². The summed E-state index contributed by atoms with van der Waals surface area (Å²) in [5, 5.41) is 12.9. The van der Waals surface area contributed by atoms with Gasteiger partial charge in [-0.15, -0.1) is 0 Å². The molecule has 9 nitrogen and oxygen atoms in total. The fourth-order valence-electron chi connectivity index (χ4n) is 5.01. The summed E-state index contributed by atoms with van der Waals surface area (Å²) >= 11 is 0. The number of hydrogen-bond donors (Lipinski definition) is 1. The van der Waals surface area contributed by atoms with Gasteiger partial charge in [0.25, 0.3) is 11.5 Å². The van der Waals surface area contributed by atoms with Crippen molar-refractivity contribution in [1.29, 1.82) is 0 Å². The summed E-state index contributed by atoms with van der Waals surface area (Å²) in [5.41, 5.74) is 4.74. The fraction of sp³-hybridized carbons (Fsp3) is 0.156. The Morgan fingerprint density at radius 3 is 2.59 bits per heavy atom. The first-order chi connectivity index (χ1) is 19.8. The smallest absolute Gasteiger partial charge is 0.264 e. The van der Waals surface area contributed by atoms with Crippen molar-refractivity contribution in [3.05, 3.63) is 123 Å². The summed E-state index contributed by atoms with van der Waals surface area (Å²) in [6.45, 7) is 5.52. The van der Waals surface area contributed by atoms with E-state index in [4.69, 9.17) is 0 Å². The van der Waals surface area contributed by atoms with Crippen molar-refractivity contribution in [3.8, 4) is 17.5 Å². The van der Waals surface area contributed by atoms with Crippen molar-refractivity contribution in [2.45, 2.75) is 26.8 Å². The monoisotopic (exact) mass is 541 g/mol. The van der Waals surface area contributed by atoms with Crippen LogP contribution in [0.4, 0.5) is 0 Å². The Morgan fingerprint density at radius 2 is 1.83 bits per heavy atom. The molecular formula is C32H27N7O2. The van der Waals surface area contributed by atoms with E-state index in [9.17, 15) is 9.59 Å². The van der Waals surface area contributed by atoms with Crippen LogP contribution in [0.15, 0.2) is 84.0 Å². The van der Waals surface area contributed by atoms with Gasteiger partial charge in [-0.25, -0.2) is 9.50 Å². The number of nitrogens with zero attached hydrogens (tertiary/aromatic N) is 6. The minimum Gasteiger partial charge on any atom is -0.344 e. The predicted molar refractivity (Wildman–Crippen MR) is 157 cm³/mol. The summed E-state index contributed by atoms with van der Waals surface area (Å²) in [4.78, 5) is 32.3. The highest BCUT2D eigenvalue weighted by Crippen LogP contribution is 2.24. The Bertz CT molecular complexity index is 2070. The molecule has 0 saturated carbocycles. The molecule has 0 bridgehead atoms. The van der Waals surface area contributed by atoms with E-state index in [1.807, 2.05) is 87.8 Å². The molecular weight excluding hydrogens is 514 g/mol. The van der Waals surface area contributed by atoms with E-state index in [-0.39, 0.29) is 11.5 Å². The maximum Gasteiger partial charge on any atom is 0.264 e.